The van der Waals surface area contributed by atoms with Crippen LogP contribution in [0.3, 0.4) is 0 Å². The van der Waals surface area contributed by atoms with Crippen molar-refractivity contribution in [3.05, 3.63) is 12.1 Å². The third kappa shape index (κ3) is 3.56. The number of rotatable bonds is 5. The van der Waals surface area contributed by atoms with Crippen LogP contribution in [0.5, 0.6) is 5.88 Å². The monoisotopic (exact) mass is 277 g/mol. The highest BCUT2D eigenvalue weighted by Crippen LogP contribution is 2.37. The number of hydrogen-bond donors (Lipinski definition) is 2. The lowest BCUT2D eigenvalue weighted by atomic mass is 9.73. The van der Waals surface area contributed by atoms with E-state index in [9.17, 15) is 0 Å². The molecule has 112 valence electrons. The summed E-state index contributed by atoms with van der Waals surface area (Å²) in [6.45, 7) is 7.38. The smallest absolute Gasteiger partial charge is 0.239 e. The lowest BCUT2D eigenvalue weighted by molar-refractivity contribution is 0.216. The Bertz CT molecular complexity index is 445. The van der Waals surface area contributed by atoms with Crippen LogP contribution in [0.25, 0.3) is 0 Å². The van der Waals surface area contributed by atoms with Crippen LogP contribution in [0.1, 0.15) is 52.9 Å². The number of aromatic nitrogens is 1. The number of pyridine rings is 1. The molecule has 1 heterocycles. The molecule has 20 heavy (non-hydrogen) atoms. The summed E-state index contributed by atoms with van der Waals surface area (Å²) in [5.41, 5.74) is 6.82. The van der Waals surface area contributed by atoms with Gasteiger partial charge in [-0.05, 0) is 36.8 Å². The fraction of sp³-hybridized carbons (Fsp3) is 0.688. The van der Waals surface area contributed by atoms with E-state index in [4.69, 9.17) is 10.5 Å². The van der Waals surface area contributed by atoms with Crippen LogP contribution in [0.2, 0.25) is 0 Å². The molecule has 0 bridgehead atoms. The van der Waals surface area contributed by atoms with Gasteiger partial charge < -0.3 is 15.8 Å². The van der Waals surface area contributed by atoms with Crippen molar-refractivity contribution in [3.63, 3.8) is 0 Å². The zero-order valence-electron chi connectivity index (χ0n) is 12.9. The van der Waals surface area contributed by atoms with Crippen LogP contribution in [-0.4, -0.2) is 17.6 Å². The van der Waals surface area contributed by atoms with Crippen molar-refractivity contribution in [3.8, 4) is 5.88 Å². The molecule has 1 aliphatic carbocycles. The van der Waals surface area contributed by atoms with Crippen LogP contribution >= 0.6 is 0 Å². The van der Waals surface area contributed by atoms with E-state index in [0.717, 1.165) is 12.2 Å². The van der Waals surface area contributed by atoms with Crippen molar-refractivity contribution in [2.75, 3.05) is 17.7 Å². The van der Waals surface area contributed by atoms with Crippen LogP contribution < -0.4 is 15.8 Å². The summed E-state index contributed by atoms with van der Waals surface area (Å²) in [6, 6.07) is 4.28. The van der Waals surface area contributed by atoms with Gasteiger partial charge in [-0.2, -0.15) is 4.98 Å². The zero-order chi connectivity index (χ0) is 14.6. The largest absolute Gasteiger partial charge is 0.476 e. The summed E-state index contributed by atoms with van der Waals surface area (Å²) in [7, 11) is 0. The molecule has 0 aliphatic heterocycles. The van der Waals surface area contributed by atoms with Gasteiger partial charge in [-0.25, -0.2) is 0 Å². The van der Waals surface area contributed by atoms with Crippen molar-refractivity contribution in [1.29, 1.82) is 0 Å². The first-order valence-electron chi connectivity index (χ1n) is 7.69. The Morgan fingerprint density at radius 1 is 1.40 bits per heavy atom. The first kappa shape index (κ1) is 14.9. The lowest BCUT2D eigenvalue weighted by Gasteiger charge is -2.39. The van der Waals surface area contributed by atoms with Gasteiger partial charge in [-0.3, -0.25) is 0 Å². The average Bonchev–Trinajstić information content (AvgIpc) is 2.41. The number of ether oxygens (including phenoxy) is 1. The molecule has 0 amide bonds. The minimum Gasteiger partial charge on any atom is -0.476 e. The maximum absolute atomic E-state index is 5.90. The molecule has 0 aromatic carbocycles. The predicted octanol–water partition coefficient (Wildman–Crippen LogP) is 3.83. The van der Waals surface area contributed by atoms with Gasteiger partial charge in [0.05, 0.1) is 12.3 Å². The molecule has 1 aromatic rings. The van der Waals surface area contributed by atoms with Crippen molar-refractivity contribution < 1.29 is 4.74 Å². The highest BCUT2D eigenvalue weighted by molar-refractivity contribution is 5.54. The second-order valence-corrected chi connectivity index (χ2v) is 6.37. The molecular weight excluding hydrogens is 250 g/mol. The van der Waals surface area contributed by atoms with Crippen LogP contribution in [0.4, 0.5) is 11.5 Å². The summed E-state index contributed by atoms with van der Waals surface area (Å²) in [5.74, 6) is 1.41. The minimum atomic E-state index is 0.311. The van der Waals surface area contributed by atoms with Gasteiger partial charge in [0, 0.05) is 6.04 Å². The van der Waals surface area contributed by atoms with E-state index in [1.54, 1.807) is 0 Å². The number of hydrogen-bond acceptors (Lipinski definition) is 4. The van der Waals surface area contributed by atoms with E-state index in [2.05, 4.69) is 31.1 Å². The lowest BCUT2D eigenvalue weighted by Crippen LogP contribution is -2.39. The molecule has 1 atom stereocenters. The summed E-state index contributed by atoms with van der Waals surface area (Å²) in [6.07, 6.45) is 6.03. The van der Waals surface area contributed by atoms with Gasteiger partial charge in [0.25, 0.3) is 0 Å². The van der Waals surface area contributed by atoms with Crippen LogP contribution in [-0.2, 0) is 0 Å². The fourth-order valence-corrected chi connectivity index (χ4v) is 2.79. The molecule has 2 rings (SSSR count). The Morgan fingerprint density at radius 2 is 2.20 bits per heavy atom. The molecule has 0 saturated heterocycles. The second kappa shape index (κ2) is 6.33. The molecule has 1 aromatic heterocycles. The standard InChI is InChI=1S/C16H27N3O/c1-4-11-20-15-12(17)8-9-14(19-15)18-13-7-5-6-10-16(13,2)3/h8-9,13H,4-7,10-11,17H2,1-3H3,(H,18,19). The van der Waals surface area contributed by atoms with Gasteiger partial charge in [-0.1, -0.05) is 33.6 Å². The van der Waals surface area contributed by atoms with E-state index in [0.29, 0.717) is 29.6 Å². The first-order valence-corrected chi connectivity index (χ1v) is 7.69. The van der Waals surface area contributed by atoms with E-state index >= 15 is 0 Å². The quantitative estimate of drug-likeness (QED) is 0.858. The summed E-state index contributed by atoms with van der Waals surface area (Å²) in [4.78, 5) is 4.51. The maximum Gasteiger partial charge on any atom is 0.239 e. The number of nitrogens with two attached hydrogens (primary N) is 1. The molecule has 0 spiro atoms. The maximum atomic E-state index is 5.90. The molecule has 1 aliphatic rings. The van der Waals surface area contributed by atoms with Gasteiger partial charge in [-0.15, -0.1) is 0 Å². The highest BCUT2D eigenvalue weighted by atomic mass is 16.5. The Kier molecular flexibility index (Phi) is 4.73. The molecular formula is C16H27N3O. The van der Waals surface area contributed by atoms with Gasteiger partial charge in [0.2, 0.25) is 5.88 Å². The molecule has 4 heteroatoms. The Balaban J connectivity index is 2.08. The normalized spacial score (nSPS) is 21.4. The predicted molar refractivity (Wildman–Crippen MR) is 84.1 cm³/mol. The number of nitrogens with one attached hydrogen (secondary N) is 1. The van der Waals surface area contributed by atoms with Gasteiger partial charge in [0.15, 0.2) is 0 Å². The van der Waals surface area contributed by atoms with Crippen LogP contribution in [0.15, 0.2) is 12.1 Å². The minimum absolute atomic E-state index is 0.311. The SMILES string of the molecule is CCCOc1nc(NC2CCCCC2(C)C)ccc1N. The Labute approximate surface area is 122 Å². The molecule has 4 nitrogen and oxygen atoms in total. The highest BCUT2D eigenvalue weighted by Gasteiger charge is 2.32. The Morgan fingerprint density at radius 3 is 2.90 bits per heavy atom. The van der Waals surface area contributed by atoms with Crippen molar-refractivity contribution in [2.45, 2.75) is 58.9 Å². The summed E-state index contributed by atoms with van der Waals surface area (Å²) >= 11 is 0. The number of nitrogens with zero attached hydrogens (tertiary/aromatic N) is 1. The van der Waals surface area contributed by atoms with E-state index in [1.807, 2.05) is 12.1 Å². The fourth-order valence-electron chi connectivity index (χ4n) is 2.79. The Hall–Kier alpha value is -1.45. The zero-order valence-corrected chi connectivity index (χ0v) is 12.9. The molecule has 1 unspecified atom stereocenters. The second-order valence-electron chi connectivity index (χ2n) is 6.37. The molecule has 1 fully saturated rings. The van der Waals surface area contributed by atoms with Crippen LogP contribution in [0, 0.1) is 5.41 Å². The first-order chi connectivity index (χ1) is 9.53. The number of nitrogen functional groups attached to an aromatic ring is 1. The molecule has 1 saturated carbocycles. The third-order valence-corrected chi connectivity index (χ3v) is 4.16. The number of anilines is 2. The third-order valence-electron chi connectivity index (χ3n) is 4.16. The summed E-state index contributed by atoms with van der Waals surface area (Å²) < 4.78 is 5.59. The summed E-state index contributed by atoms with van der Waals surface area (Å²) in [5, 5.41) is 3.57. The van der Waals surface area contributed by atoms with Crippen molar-refractivity contribution in [1.82, 2.24) is 4.98 Å². The van der Waals surface area contributed by atoms with Gasteiger partial charge >= 0.3 is 0 Å². The average molecular weight is 277 g/mol. The van der Waals surface area contributed by atoms with E-state index in [-0.39, 0.29) is 0 Å². The van der Waals surface area contributed by atoms with E-state index in [1.165, 1.54) is 25.7 Å². The van der Waals surface area contributed by atoms with Crippen molar-refractivity contribution >= 4 is 11.5 Å². The molecule has 0 radical (unpaired) electrons. The van der Waals surface area contributed by atoms with Crippen molar-refractivity contribution in [2.24, 2.45) is 5.41 Å². The molecule has 3 N–H and O–H groups in total. The topological polar surface area (TPSA) is 60.2 Å². The van der Waals surface area contributed by atoms with Gasteiger partial charge in [0.1, 0.15) is 5.82 Å². The van der Waals surface area contributed by atoms with E-state index < -0.39 is 0 Å².